The summed E-state index contributed by atoms with van der Waals surface area (Å²) in [6.07, 6.45) is 6.30. The van der Waals surface area contributed by atoms with Gasteiger partial charge in [-0.15, -0.1) is 0 Å². The maximum absolute atomic E-state index is 14.3. The number of likely N-dealkylation sites (tertiary alicyclic amines) is 1. The van der Waals surface area contributed by atoms with Gasteiger partial charge in [-0.2, -0.15) is 11.8 Å². The molecule has 0 aliphatic carbocycles. The minimum atomic E-state index is -1.25. The van der Waals surface area contributed by atoms with E-state index in [1.807, 2.05) is 26.2 Å². The highest BCUT2D eigenvalue weighted by atomic mass is 32.2. The molecule has 17 heteroatoms. The number of aromatic amines is 1. The zero-order valence-electron chi connectivity index (χ0n) is 32.5. The van der Waals surface area contributed by atoms with Crippen LogP contribution in [0.25, 0.3) is 0 Å². The first-order chi connectivity index (χ1) is 27.2. The summed E-state index contributed by atoms with van der Waals surface area (Å²) in [6.45, 7) is 4.00. The monoisotopic (exact) mass is 806 g/mol. The molecule has 0 spiro atoms. The third kappa shape index (κ3) is 13.6. The van der Waals surface area contributed by atoms with E-state index in [0.717, 1.165) is 5.56 Å². The minimum absolute atomic E-state index is 0.00613. The Labute approximate surface area is 336 Å². The Morgan fingerprint density at radius 2 is 1.47 bits per heavy atom. The topological polar surface area (TPSA) is 249 Å². The summed E-state index contributed by atoms with van der Waals surface area (Å²) in [5.74, 6) is -3.72. The van der Waals surface area contributed by atoms with Gasteiger partial charge in [0, 0.05) is 37.7 Å². The number of phenolic OH excluding ortho intramolecular Hbond substituents is 1. The van der Waals surface area contributed by atoms with Gasteiger partial charge in [-0.25, -0.2) is 9.78 Å². The second-order valence-electron chi connectivity index (χ2n) is 14.6. The van der Waals surface area contributed by atoms with Gasteiger partial charge in [0.1, 0.15) is 36.0 Å². The Hall–Kier alpha value is -5.42. The molecule has 5 amide bonds. The molecule has 57 heavy (non-hydrogen) atoms. The third-order valence-corrected chi connectivity index (χ3v) is 10.3. The number of aliphatic carboxylic acids is 1. The van der Waals surface area contributed by atoms with Crippen molar-refractivity contribution >= 4 is 47.3 Å². The van der Waals surface area contributed by atoms with Gasteiger partial charge in [-0.1, -0.05) is 56.3 Å². The van der Waals surface area contributed by atoms with Gasteiger partial charge < -0.3 is 47.1 Å². The summed E-state index contributed by atoms with van der Waals surface area (Å²) in [5, 5.41) is 30.6. The van der Waals surface area contributed by atoms with E-state index in [2.05, 4.69) is 31.2 Å². The largest absolute Gasteiger partial charge is 0.508 e. The van der Waals surface area contributed by atoms with Crippen molar-refractivity contribution in [2.24, 2.45) is 11.7 Å². The number of nitrogens with zero attached hydrogens (tertiary/aromatic N) is 2. The predicted octanol–water partition coefficient (Wildman–Crippen LogP) is 1.28. The number of thioether (sulfide) groups is 1. The van der Waals surface area contributed by atoms with E-state index < -0.39 is 71.8 Å². The number of aromatic hydroxyl groups is 1. The lowest BCUT2D eigenvalue weighted by molar-refractivity contribution is -0.145. The molecule has 2 aromatic carbocycles. The Kier molecular flexibility index (Phi) is 16.9. The van der Waals surface area contributed by atoms with E-state index in [-0.39, 0.29) is 50.3 Å². The molecule has 0 unspecified atom stereocenters. The summed E-state index contributed by atoms with van der Waals surface area (Å²) in [4.78, 5) is 89.4. The van der Waals surface area contributed by atoms with Crippen molar-refractivity contribution in [3.63, 3.8) is 0 Å². The minimum Gasteiger partial charge on any atom is -0.508 e. The molecule has 0 bridgehead atoms. The lowest BCUT2D eigenvalue weighted by Crippen LogP contribution is -2.60. The van der Waals surface area contributed by atoms with Gasteiger partial charge in [0.05, 0.1) is 12.4 Å². The number of hydrogen-bond acceptors (Lipinski definition) is 10. The first kappa shape index (κ1) is 44.3. The van der Waals surface area contributed by atoms with Crippen LogP contribution in [0, 0.1) is 5.92 Å². The summed E-state index contributed by atoms with van der Waals surface area (Å²) >= 11 is 1.46. The van der Waals surface area contributed by atoms with Gasteiger partial charge in [0.2, 0.25) is 29.5 Å². The summed E-state index contributed by atoms with van der Waals surface area (Å²) in [5.41, 5.74) is 8.18. The Bertz CT molecular complexity index is 1790. The van der Waals surface area contributed by atoms with Crippen LogP contribution in [0.2, 0.25) is 0 Å². The number of imidazole rings is 1. The number of rotatable bonds is 21. The molecule has 4 rings (SSSR count). The van der Waals surface area contributed by atoms with Crippen molar-refractivity contribution in [1.29, 1.82) is 0 Å². The van der Waals surface area contributed by atoms with Crippen molar-refractivity contribution in [1.82, 2.24) is 36.1 Å². The number of aromatic nitrogens is 2. The number of amides is 5. The number of phenols is 1. The van der Waals surface area contributed by atoms with Gasteiger partial charge in [0.25, 0.3) is 0 Å². The Balaban J connectivity index is 1.57. The maximum atomic E-state index is 14.3. The summed E-state index contributed by atoms with van der Waals surface area (Å²) in [7, 11) is 0. The molecule has 1 saturated heterocycles. The average molecular weight is 807 g/mol. The van der Waals surface area contributed by atoms with Crippen LogP contribution >= 0.6 is 11.8 Å². The van der Waals surface area contributed by atoms with Gasteiger partial charge >= 0.3 is 5.97 Å². The van der Waals surface area contributed by atoms with Crippen molar-refractivity contribution < 1.29 is 39.0 Å². The molecular weight excluding hydrogens is 753 g/mol. The highest BCUT2D eigenvalue weighted by molar-refractivity contribution is 7.98. The molecule has 3 aromatic rings. The quantitative estimate of drug-likeness (QED) is 0.0762. The van der Waals surface area contributed by atoms with Crippen LogP contribution in [0.3, 0.4) is 0 Å². The molecule has 2 heterocycles. The van der Waals surface area contributed by atoms with Crippen molar-refractivity contribution in [3.8, 4) is 5.75 Å². The smallest absolute Gasteiger partial charge is 0.326 e. The van der Waals surface area contributed by atoms with E-state index in [1.165, 1.54) is 35.1 Å². The van der Waals surface area contributed by atoms with Gasteiger partial charge in [-0.3, -0.25) is 24.0 Å². The second kappa shape index (κ2) is 21.8. The number of hydrogen-bond donors (Lipinski definition) is 8. The van der Waals surface area contributed by atoms with E-state index in [0.29, 0.717) is 29.9 Å². The number of carbonyl (C=O) groups is 6. The fourth-order valence-electron chi connectivity index (χ4n) is 6.64. The Morgan fingerprint density at radius 1 is 0.860 bits per heavy atom. The normalized spacial score (nSPS) is 16.5. The first-order valence-electron chi connectivity index (χ1n) is 19.0. The first-order valence-corrected chi connectivity index (χ1v) is 20.4. The number of carboxylic acid groups (broad SMARTS) is 1. The standard InChI is InChI=1S/C40H54N8O8S/c1-24(2)18-33(39(54)48-16-7-10-34(48)38(53)44-30(40(55)56)15-17-57-3)47-37(52)32(20-26-11-13-28(49)14-12-26)46-36(51)31(19-25-8-5-4-6-9-25)45-35(50)29(41)21-27-22-42-23-43-27/h4-6,8-9,11-14,22-24,29-34,49H,7,10,15-21,41H2,1-3H3,(H,42,43)(H,44,53)(H,45,50)(H,46,51)(H,47,52)(H,55,56)/t29-,30-,31-,32-,33-,34-/m0/s1. The molecule has 0 saturated carbocycles. The molecule has 1 aliphatic rings. The maximum Gasteiger partial charge on any atom is 0.326 e. The molecule has 0 radical (unpaired) electrons. The number of H-pyrrole nitrogens is 1. The summed E-state index contributed by atoms with van der Waals surface area (Å²) < 4.78 is 0. The van der Waals surface area contributed by atoms with Crippen LogP contribution in [0.15, 0.2) is 67.1 Å². The van der Waals surface area contributed by atoms with Crippen LogP contribution in [-0.4, -0.2) is 115 Å². The highest BCUT2D eigenvalue weighted by Crippen LogP contribution is 2.22. The molecule has 308 valence electrons. The second-order valence-corrected chi connectivity index (χ2v) is 15.6. The summed E-state index contributed by atoms with van der Waals surface area (Å²) in [6, 6.07) is 8.60. The zero-order chi connectivity index (χ0) is 41.5. The van der Waals surface area contributed by atoms with Crippen LogP contribution < -0.4 is 27.0 Å². The van der Waals surface area contributed by atoms with E-state index in [9.17, 15) is 39.0 Å². The number of nitrogens with two attached hydrogens (primary N) is 1. The van der Waals surface area contributed by atoms with Crippen LogP contribution in [-0.2, 0) is 48.0 Å². The molecule has 16 nitrogen and oxygen atoms in total. The molecular formula is C40H54N8O8S. The highest BCUT2D eigenvalue weighted by Gasteiger charge is 2.40. The van der Waals surface area contributed by atoms with Crippen molar-refractivity contribution in [2.75, 3.05) is 18.6 Å². The molecule has 6 atom stereocenters. The van der Waals surface area contributed by atoms with E-state index >= 15 is 0 Å². The lowest BCUT2D eigenvalue weighted by atomic mass is 9.99. The van der Waals surface area contributed by atoms with Gasteiger partial charge in [-0.05, 0) is 66.9 Å². The molecule has 9 N–H and O–H groups in total. The number of benzene rings is 2. The third-order valence-electron chi connectivity index (χ3n) is 9.64. The fourth-order valence-corrected chi connectivity index (χ4v) is 7.11. The van der Waals surface area contributed by atoms with E-state index in [4.69, 9.17) is 5.73 Å². The van der Waals surface area contributed by atoms with Crippen LogP contribution in [0.5, 0.6) is 5.75 Å². The number of carboxylic acids is 1. The Morgan fingerprint density at radius 3 is 2.05 bits per heavy atom. The SMILES string of the molecule is CSCC[C@H](NC(=O)[C@@H]1CCCN1C(=O)[C@H](CC(C)C)NC(=O)[C@H](Cc1ccc(O)cc1)NC(=O)[C@H](Cc1ccccc1)NC(=O)[C@@H](N)Cc1cnc[nH]1)C(=O)O. The molecule has 1 fully saturated rings. The molecule has 1 aliphatic heterocycles. The van der Waals surface area contributed by atoms with Crippen molar-refractivity contribution in [3.05, 3.63) is 83.9 Å². The lowest BCUT2D eigenvalue weighted by Gasteiger charge is -2.31. The number of carbonyl (C=O) groups excluding carboxylic acids is 5. The van der Waals surface area contributed by atoms with Crippen LogP contribution in [0.1, 0.15) is 56.4 Å². The average Bonchev–Trinajstić information content (AvgIpc) is 3.89. The molecule has 1 aromatic heterocycles. The van der Waals surface area contributed by atoms with E-state index in [1.54, 1.807) is 42.6 Å². The predicted molar refractivity (Wildman–Crippen MR) is 215 cm³/mol. The van der Waals surface area contributed by atoms with Gasteiger partial charge in [0.15, 0.2) is 0 Å². The zero-order valence-corrected chi connectivity index (χ0v) is 33.3. The number of nitrogens with one attached hydrogen (secondary N) is 5. The van der Waals surface area contributed by atoms with Crippen molar-refractivity contribution in [2.45, 2.75) is 95.0 Å². The van der Waals surface area contributed by atoms with Crippen LogP contribution in [0.4, 0.5) is 0 Å². The fraction of sp³-hybridized carbons (Fsp3) is 0.475.